The predicted octanol–water partition coefficient (Wildman–Crippen LogP) is 6.33. The summed E-state index contributed by atoms with van der Waals surface area (Å²) in [5.74, 6) is -0.344. The van der Waals surface area contributed by atoms with Crippen LogP contribution in [0.5, 0.6) is 0 Å². The van der Waals surface area contributed by atoms with E-state index in [1.54, 1.807) is 0 Å². The second-order valence-electron chi connectivity index (χ2n) is 15.7. The summed E-state index contributed by atoms with van der Waals surface area (Å²) >= 11 is 0. The van der Waals surface area contributed by atoms with Crippen LogP contribution in [0.3, 0.4) is 0 Å². The molecule has 5 aliphatic rings. The van der Waals surface area contributed by atoms with Gasteiger partial charge in [-0.25, -0.2) is 4.79 Å². The van der Waals surface area contributed by atoms with Crippen LogP contribution < -0.4 is 0 Å². The standard InChI is InChI=1S/C34H43N3O5/c1-29(2)22-9-10-33(6)23(32(22,5)16-19(18-35)25(29)39)15-21(38)24-20-17-31(4,28-37-36-26(42-28)27(40)41-8)12-11-30(20,3)13-14-34(24,33)7/h15-16,20,22,24H,9-14,17H2,1-8H3/t20?,22-,24?,30?,31-,32?,33?,34+/m0/s1. The van der Waals surface area contributed by atoms with E-state index >= 15 is 0 Å². The number of hydrogen-bond acceptors (Lipinski definition) is 8. The number of nitriles is 1. The van der Waals surface area contributed by atoms with Gasteiger partial charge in [-0.3, -0.25) is 9.59 Å². The monoisotopic (exact) mass is 573 g/mol. The number of ketones is 2. The molecule has 3 saturated carbocycles. The van der Waals surface area contributed by atoms with Crippen molar-refractivity contribution in [3.05, 3.63) is 35.1 Å². The van der Waals surface area contributed by atoms with E-state index in [4.69, 9.17) is 9.15 Å². The molecule has 42 heavy (non-hydrogen) atoms. The Morgan fingerprint density at radius 3 is 2.38 bits per heavy atom. The van der Waals surface area contributed by atoms with E-state index in [0.717, 1.165) is 50.5 Å². The van der Waals surface area contributed by atoms with E-state index in [9.17, 15) is 19.6 Å². The first-order chi connectivity index (χ1) is 19.5. The molecule has 224 valence electrons. The van der Waals surface area contributed by atoms with E-state index in [0.29, 0.717) is 5.89 Å². The molecule has 0 amide bonds. The lowest BCUT2D eigenvalue weighted by atomic mass is 9.34. The summed E-state index contributed by atoms with van der Waals surface area (Å²) < 4.78 is 10.6. The number of hydrogen-bond donors (Lipinski definition) is 0. The highest BCUT2D eigenvalue weighted by atomic mass is 16.5. The summed E-state index contributed by atoms with van der Waals surface area (Å²) in [5, 5.41) is 18.2. The smallest absolute Gasteiger partial charge is 0.396 e. The van der Waals surface area contributed by atoms with Gasteiger partial charge in [0.1, 0.15) is 6.07 Å². The van der Waals surface area contributed by atoms with Gasteiger partial charge in [-0.2, -0.15) is 5.26 Å². The summed E-state index contributed by atoms with van der Waals surface area (Å²) in [6.07, 6.45) is 10.1. The predicted molar refractivity (Wildman–Crippen MR) is 154 cm³/mol. The first-order valence-electron chi connectivity index (χ1n) is 15.4. The van der Waals surface area contributed by atoms with Crippen molar-refractivity contribution in [3.8, 4) is 6.07 Å². The summed E-state index contributed by atoms with van der Waals surface area (Å²) in [6.45, 7) is 15.2. The van der Waals surface area contributed by atoms with E-state index in [1.807, 2.05) is 26.0 Å². The zero-order valence-corrected chi connectivity index (χ0v) is 26.2. The Balaban J connectivity index is 1.45. The summed E-state index contributed by atoms with van der Waals surface area (Å²) in [6, 6.07) is 2.18. The minimum Gasteiger partial charge on any atom is -0.462 e. The van der Waals surface area contributed by atoms with Gasteiger partial charge in [0.15, 0.2) is 11.6 Å². The first-order valence-corrected chi connectivity index (χ1v) is 15.4. The van der Waals surface area contributed by atoms with Gasteiger partial charge in [0.2, 0.25) is 5.89 Å². The molecule has 0 radical (unpaired) electrons. The molecule has 0 aromatic carbocycles. The van der Waals surface area contributed by atoms with Crippen molar-refractivity contribution in [2.45, 2.75) is 98.8 Å². The summed E-state index contributed by atoms with van der Waals surface area (Å²) in [4.78, 5) is 39.9. The molecule has 8 nitrogen and oxygen atoms in total. The maximum absolute atomic E-state index is 14.6. The van der Waals surface area contributed by atoms with Crippen LogP contribution in [-0.4, -0.2) is 34.8 Å². The van der Waals surface area contributed by atoms with Gasteiger partial charge in [-0.05, 0) is 79.1 Å². The van der Waals surface area contributed by atoms with Crippen molar-refractivity contribution in [2.24, 2.45) is 44.8 Å². The zero-order valence-electron chi connectivity index (χ0n) is 26.2. The number of esters is 1. The van der Waals surface area contributed by atoms with Crippen molar-refractivity contribution in [2.75, 3.05) is 7.11 Å². The van der Waals surface area contributed by atoms with Gasteiger partial charge in [0.25, 0.3) is 0 Å². The van der Waals surface area contributed by atoms with Crippen LogP contribution in [0.25, 0.3) is 0 Å². The van der Waals surface area contributed by atoms with Crippen LogP contribution in [0.1, 0.15) is 110 Å². The number of fused-ring (bicyclic) bond motifs is 7. The van der Waals surface area contributed by atoms with E-state index < -0.39 is 22.2 Å². The van der Waals surface area contributed by atoms with Crippen LogP contribution in [0, 0.1) is 56.2 Å². The van der Waals surface area contributed by atoms with Crippen molar-refractivity contribution in [1.29, 1.82) is 5.26 Å². The van der Waals surface area contributed by atoms with Gasteiger partial charge < -0.3 is 9.15 Å². The molecule has 3 fully saturated rings. The number of rotatable bonds is 2. The molecule has 1 aromatic rings. The molecular weight excluding hydrogens is 530 g/mol. The number of carbonyl (C=O) groups excluding carboxylic acids is 3. The number of nitrogens with zero attached hydrogens (tertiary/aromatic N) is 3. The number of methoxy groups -OCH3 is 1. The van der Waals surface area contributed by atoms with Crippen LogP contribution in [0.2, 0.25) is 0 Å². The van der Waals surface area contributed by atoms with Crippen LogP contribution >= 0.6 is 0 Å². The number of Topliss-reactive ketones (excluding diaryl/α,β-unsaturated/α-hetero) is 1. The minimum absolute atomic E-state index is 0.000480. The largest absolute Gasteiger partial charge is 0.462 e. The molecule has 0 aliphatic heterocycles. The quantitative estimate of drug-likeness (QED) is 0.376. The topological polar surface area (TPSA) is 123 Å². The van der Waals surface area contributed by atoms with Gasteiger partial charge in [0.05, 0.1) is 12.7 Å². The Morgan fingerprint density at radius 2 is 1.71 bits per heavy atom. The number of aromatic nitrogens is 2. The zero-order chi connectivity index (χ0) is 30.7. The van der Waals surface area contributed by atoms with Gasteiger partial charge in [0, 0.05) is 22.2 Å². The highest BCUT2D eigenvalue weighted by Crippen LogP contribution is 2.74. The Hall–Kier alpha value is -3.08. The molecule has 5 unspecified atom stereocenters. The maximum Gasteiger partial charge on any atom is 0.396 e. The highest BCUT2D eigenvalue weighted by Gasteiger charge is 2.69. The van der Waals surface area contributed by atoms with Crippen molar-refractivity contribution >= 4 is 17.5 Å². The van der Waals surface area contributed by atoms with Crippen molar-refractivity contribution < 1.29 is 23.5 Å². The fraction of sp³-hybridized carbons (Fsp3) is 0.706. The molecule has 0 N–H and O–H groups in total. The highest BCUT2D eigenvalue weighted by molar-refractivity contribution is 6.04. The lowest BCUT2D eigenvalue weighted by Crippen LogP contribution is -2.64. The van der Waals surface area contributed by atoms with Crippen LogP contribution in [-0.2, 0) is 19.7 Å². The molecule has 5 aliphatic carbocycles. The molecule has 6 rings (SSSR count). The second-order valence-corrected chi connectivity index (χ2v) is 15.7. The molecule has 0 bridgehead atoms. The fourth-order valence-corrected chi connectivity index (χ4v) is 10.6. The molecular formula is C34H43N3O5. The van der Waals surface area contributed by atoms with E-state index in [2.05, 4.69) is 50.9 Å². The SMILES string of the molecule is COC(=O)c1nnc([C@@]2(C)CCC3(C)CC[C@]4(C)C(C(=O)C=C5C6(C)C=C(C#N)C(=O)C(C)(C)[C@@H]6CCC54C)C3C2)o1. The first kappa shape index (κ1) is 29.0. The lowest BCUT2D eigenvalue weighted by Gasteiger charge is -2.69. The third-order valence-electron chi connectivity index (χ3n) is 13.4. The summed E-state index contributed by atoms with van der Waals surface area (Å²) in [7, 11) is 1.29. The van der Waals surface area contributed by atoms with Gasteiger partial charge in [-0.1, -0.05) is 60.1 Å². The Labute approximate surface area is 248 Å². The number of allylic oxidation sites excluding steroid dienone is 4. The third kappa shape index (κ3) is 3.48. The lowest BCUT2D eigenvalue weighted by molar-refractivity contribution is -0.166. The fourth-order valence-electron chi connectivity index (χ4n) is 10.6. The normalized spacial score (nSPS) is 43.9. The van der Waals surface area contributed by atoms with E-state index in [1.165, 1.54) is 7.11 Å². The average molecular weight is 574 g/mol. The number of carbonyl (C=O) groups is 3. The molecule has 8 atom stereocenters. The second kappa shape index (κ2) is 8.74. The third-order valence-corrected chi connectivity index (χ3v) is 13.4. The molecule has 0 spiro atoms. The molecule has 8 heteroatoms. The minimum atomic E-state index is -0.680. The molecule has 1 heterocycles. The van der Waals surface area contributed by atoms with Crippen LogP contribution in [0.4, 0.5) is 0 Å². The van der Waals surface area contributed by atoms with Crippen molar-refractivity contribution in [3.63, 3.8) is 0 Å². The Bertz CT molecular complexity index is 1510. The summed E-state index contributed by atoms with van der Waals surface area (Å²) in [5.41, 5.74) is -0.922. The number of ether oxygens (including phenoxy) is 1. The van der Waals surface area contributed by atoms with Crippen molar-refractivity contribution in [1.82, 2.24) is 10.2 Å². The average Bonchev–Trinajstić information content (AvgIpc) is 3.44. The molecule has 0 saturated heterocycles. The Morgan fingerprint density at radius 1 is 1.02 bits per heavy atom. The van der Waals surface area contributed by atoms with Gasteiger partial charge in [-0.15, -0.1) is 10.2 Å². The maximum atomic E-state index is 14.6. The van der Waals surface area contributed by atoms with E-state index in [-0.39, 0.29) is 57.0 Å². The molecule has 1 aromatic heterocycles. The van der Waals surface area contributed by atoms with Crippen LogP contribution in [0.15, 0.2) is 27.7 Å². The van der Waals surface area contributed by atoms with Gasteiger partial charge >= 0.3 is 11.9 Å². The Kier molecular flexibility index (Phi) is 6.03.